The lowest BCUT2D eigenvalue weighted by Crippen LogP contribution is -2.34. The minimum Gasteiger partial charge on any atom is -0.368 e. The molecule has 2 heterocycles. The molecule has 0 saturated carbocycles. The monoisotopic (exact) mass is 482 g/mol. The number of aromatic nitrogens is 1. The lowest BCUT2D eigenvalue weighted by molar-refractivity contribution is 0.198. The summed E-state index contributed by atoms with van der Waals surface area (Å²) in [6.07, 6.45) is 1.28. The van der Waals surface area contributed by atoms with E-state index in [2.05, 4.69) is 10.0 Å². The summed E-state index contributed by atoms with van der Waals surface area (Å²) in [6.45, 7) is 0. The Labute approximate surface area is 188 Å². The minimum atomic E-state index is -3.44. The van der Waals surface area contributed by atoms with Crippen LogP contribution >= 0.6 is 0 Å². The van der Waals surface area contributed by atoms with E-state index >= 15 is 0 Å². The summed E-state index contributed by atoms with van der Waals surface area (Å²) in [7, 11) is -1.85. The van der Waals surface area contributed by atoms with Crippen molar-refractivity contribution in [3.8, 4) is 0 Å². The van der Waals surface area contributed by atoms with E-state index in [1.54, 1.807) is 19.2 Å². The van der Waals surface area contributed by atoms with Crippen LogP contribution in [0.2, 0.25) is 0 Å². The normalized spacial score (nSPS) is 21.3. The molecule has 4 N–H and O–H groups in total. The van der Waals surface area contributed by atoms with Crippen molar-refractivity contribution in [1.29, 1.82) is 4.78 Å². The van der Waals surface area contributed by atoms with Crippen LogP contribution in [-0.4, -0.2) is 19.9 Å². The lowest BCUT2D eigenvalue weighted by Gasteiger charge is -2.19. The van der Waals surface area contributed by atoms with Gasteiger partial charge in [0.05, 0.1) is 10.6 Å². The van der Waals surface area contributed by atoms with E-state index in [4.69, 9.17) is 4.78 Å². The van der Waals surface area contributed by atoms with Crippen LogP contribution in [0.4, 0.5) is 23.2 Å². The predicted molar refractivity (Wildman–Crippen MR) is 115 cm³/mol. The van der Waals surface area contributed by atoms with E-state index in [0.29, 0.717) is 24.8 Å². The fourth-order valence-electron chi connectivity index (χ4n) is 4.11. The summed E-state index contributed by atoms with van der Waals surface area (Å²) in [6, 6.07) is 7.02. The quantitative estimate of drug-likeness (QED) is 0.250. The molecule has 1 aliphatic heterocycles. The second-order valence-corrected chi connectivity index (χ2v) is 9.80. The molecule has 0 fully saturated rings. The van der Waals surface area contributed by atoms with E-state index in [9.17, 15) is 26.9 Å². The topological polar surface area (TPSA) is 90.1 Å². The van der Waals surface area contributed by atoms with Gasteiger partial charge >= 0.3 is 0 Å². The van der Waals surface area contributed by atoms with Gasteiger partial charge in [0.2, 0.25) is 0 Å². The Hall–Kier alpha value is -2.89. The Morgan fingerprint density at radius 2 is 1.85 bits per heavy atom. The van der Waals surface area contributed by atoms with Crippen LogP contribution in [0.15, 0.2) is 47.5 Å². The molecule has 2 aromatic carbocycles. The number of nitrogens with one attached hydrogen (secondary N) is 3. The zero-order valence-corrected chi connectivity index (χ0v) is 18.4. The molecule has 0 saturated heterocycles. The molecule has 11 heteroatoms. The van der Waals surface area contributed by atoms with Gasteiger partial charge in [-0.05, 0) is 42.5 Å². The molecular formula is C22H22F4N4O2S. The summed E-state index contributed by atoms with van der Waals surface area (Å²) in [5.41, 5.74) is 1.40. The van der Waals surface area contributed by atoms with Crippen molar-refractivity contribution in [1.82, 2.24) is 9.29 Å². The van der Waals surface area contributed by atoms with Crippen molar-refractivity contribution in [3.63, 3.8) is 0 Å². The van der Waals surface area contributed by atoms with Crippen molar-refractivity contribution in [3.05, 3.63) is 82.7 Å². The van der Waals surface area contributed by atoms with Gasteiger partial charge in [0, 0.05) is 37.1 Å². The molecule has 3 atom stereocenters. The van der Waals surface area contributed by atoms with Gasteiger partial charge in [-0.2, -0.15) is 0 Å². The maximum absolute atomic E-state index is 13.6. The molecular weight excluding hydrogens is 460 g/mol. The number of aliphatic hydroxyl groups is 1. The fourth-order valence-corrected chi connectivity index (χ4v) is 5.77. The second kappa shape index (κ2) is 8.81. The number of benzene rings is 2. The molecule has 0 bridgehead atoms. The SMILES string of the molecule is Cn1cc2c(c1C(O)Nc1cc(F)c(F)c(F)c1)CC[C@H](Cc1ccc(F)cc1)NS2(=N)=O. The van der Waals surface area contributed by atoms with E-state index in [0.717, 1.165) is 17.7 Å². The number of halogens is 4. The highest BCUT2D eigenvalue weighted by molar-refractivity contribution is 7.90. The molecule has 1 aromatic heterocycles. The van der Waals surface area contributed by atoms with Gasteiger partial charge in [0.1, 0.15) is 15.7 Å². The number of hydrogen-bond donors (Lipinski definition) is 4. The first-order valence-corrected chi connectivity index (χ1v) is 11.7. The lowest BCUT2D eigenvalue weighted by atomic mass is 9.99. The fraction of sp³-hybridized carbons (Fsp3) is 0.273. The number of nitrogens with zero attached hydrogens (tertiary/aromatic N) is 1. The molecule has 1 aliphatic rings. The van der Waals surface area contributed by atoms with Gasteiger partial charge in [0.25, 0.3) is 0 Å². The van der Waals surface area contributed by atoms with E-state index in [-0.39, 0.29) is 28.1 Å². The van der Waals surface area contributed by atoms with E-state index < -0.39 is 33.6 Å². The molecule has 33 heavy (non-hydrogen) atoms. The van der Waals surface area contributed by atoms with Crippen LogP contribution in [0.1, 0.15) is 29.5 Å². The molecule has 6 nitrogen and oxygen atoms in total. The zero-order chi connectivity index (χ0) is 23.9. The molecule has 0 amide bonds. The van der Waals surface area contributed by atoms with Gasteiger partial charge in [-0.3, -0.25) is 0 Å². The summed E-state index contributed by atoms with van der Waals surface area (Å²) in [4.78, 5) is 0.207. The zero-order valence-electron chi connectivity index (χ0n) is 17.5. The molecule has 0 radical (unpaired) electrons. The first-order chi connectivity index (χ1) is 15.5. The first-order valence-electron chi connectivity index (χ1n) is 10.1. The van der Waals surface area contributed by atoms with Crippen molar-refractivity contribution < 1.29 is 26.9 Å². The Kier molecular flexibility index (Phi) is 6.21. The van der Waals surface area contributed by atoms with Gasteiger partial charge < -0.3 is 15.0 Å². The third-order valence-electron chi connectivity index (χ3n) is 5.62. The number of rotatable bonds is 5. The van der Waals surface area contributed by atoms with Gasteiger partial charge in [-0.15, -0.1) is 0 Å². The maximum Gasteiger partial charge on any atom is 0.194 e. The molecule has 4 rings (SSSR count). The van der Waals surface area contributed by atoms with Crippen LogP contribution < -0.4 is 10.0 Å². The standard InChI is InChI=1S/C22H22F4N4O2S/c1-30-11-19-16(21(30)22(31)28-15-9-17(24)20(26)18(25)10-15)7-6-14(29-33(19,27)32)8-12-2-4-13(23)5-3-12/h2-5,9-11,14,22,28,31H,6-8H2,1H3,(H2,27,29,32)/t14-,22?,33?/m1/s1. The highest BCUT2D eigenvalue weighted by Gasteiger charge is 2.31. The van der Waals surface area contributed by atoms with Gasteiger partial charge in [0.15, 0.2) is 23.7 Å². The number of aliphatic hydroxyl groups excluding tert-OH is 1. The van der Waals surface area contributed by atoms with Crippen molar-refractivity contribution >= 4 is 15.6 Å². The number of fused-ring (bicyclic) bond motifs is 1. The minimum absolute atomic E-state index is 0.179. The Morgan fingerprint density at radius 1 is 1.21 bits per heavy atom. The van der Waals surface area contributed by atoms with Gasteiger partial charge in [-0.1, -0.05) is 12.1 Å². The van der Waals surface area contributed by atoms with Crippen LogP contribution in [-0.2, 0) is 29.8 Å². The maximum atomic E-state index is 13.6. The summed E-state index contributed by atoms with van der Waals surface area (Å²) < 4.78 is 79.5. The molecule has 2 unspecified atom stereocenters. The highest BCUT2D eigenvalue weighted by atomic mass is 32.2. The number of aryl methyl sites for hydroxylation is 1. The molecule has 0 spiro atoms. The average molecular weight is 483 g/mol. The third kappa shape index (κ3) is 4.75. The number of anilines is 1. The summed E-state index contributed by atoms with van der Waals surface area (Å²) >= 11 is 0. The van der Waals surface area contributed by atoms with Crippen LogP contribution in [0.3, 0.4) is 0 Å². The number of hydrogen-bond acceptors (Lipinski definition) is 4. The predicted octanol–water partition coefficient (Wildman–Crippen LogP) is 4.15. The Balaban J connectivity index is 1.60. The van der Waals surface area contributed by atoms with Crippen molar-refractivity contribution in [2.24, 2.45) is 7.05 Å². The second-order valence-electron chi connectivity index (χ2n) is 8.01. The largest absolute Gasteiger partial charge is 0.368 e. The smallest absolute Gasteiger partial charge is 0.194 e. The Morgan fingerprint density at radius 3 is 2.48 bits per heavy atom. The Bertz CT molecular complexity index is 1270. The van der Waals surface area contributed by atoms with Crippen LogP contribution in [0, 0.1) is 28.0 Å². The third-order valence-corrected chi connectivity index (χ3v) is 7.26. The molecule has 176 valence electrons. The molecule has 3 aromatic rings. The van der Waals surface area contributed by atoms with Crippen molar-refractivity contribution in [2.45, 2.75) is 36.4 Å². The summed E-state index contributed by atoms with van der Waals surface area (Å²) in [5.74, 6) is -4.79. The van der Waals surface area contributed by atoms with Crippen molar-refractivity contribution in [2.75, 3.05) is 5.32 Å². The van der Waals surface area contributed by atoms with Gasteiger partial charge in [-0.25, -0.2) is 31.3 Å². The summed E-state index contributed by atoms with van der Waals surface area (Å²) in [5, 5.41) is 13.3. The van der Waals surface area contributed by atoms with Crippen LogP contribution in [0.5, 0.6) is 0 Å². The van der Waals surface area contributed by atoms with E-state index in [1.807, 2.05) is 0 Å². The molecule has 0 aliphatic carbocycles. The first kappa shape index (κ1) is 23.3. The van der Waals surface area contributed by atoms with E-state index in [1.165, 1.54) is 22.9 Å². The van der Waals surface area contributed by atoms with Crippen LogP contribution in [0.25, 0.3) is 0 Å². The highest BCUT2D eigenvalue weighted by Crippen LogP contribution is 2.32. The average Bonchev–Trinajstić information content (AvgIpc) is 3.03.